The van der Waals surface area contributed by atoms with Crippen LogP contribution in [0.5, 0.6) is 0 Å². The number of sulfonamides is 1. The number of hydrogen-bond acceptors (Lipinski definition) is 5. The third-order valence-electron chi connectivity index (χ3n) is 2.48. The minimum absolute atomic E-state index is 0.215. The molecule has 0 amide bonds. The average molecular weight is 350 g/mol. The Hall–Kier alpha value is -1.00. The van der Waals surface area contributed by atoms with E-state index in [1.165, 1.54) is 25.0 Å². The normalized spacial score (nSPS) is 15.9. The molecule has 0 radical (unpaired) electrons. The maximum absolute atomic E-state index is 11.9. The lowest BCUT2D eigenvalue weighted by molar-refractivity contribution is 0.483. The summed E-state index contributed by atoms with van der Waals surface area (Å²) in [7, 11) is -8.25. The van der Waals surface area contributed by atoms with Gasteiger partial charge in [-0.3, -0.25) is 4.55 Å². The SMILES string of the molecule is CC(C)(C)NS(=O)(=O)c1cccc(S(=O)(=O)O)c1.NC1CC1. The van der Waals surface area contributed by atoms with Crippen molar-refractivity contribution in [3.63, 3.8) is 0 Å². The molecule has 0 bridgehead atoms. The quantitative estimate of drug-likeness (QED) is 0.701. The van der Waals surface area contributed by atoms with Crippen LogP contribution in [-0.2, 0) is 20.1 Å². The summed E-state index contributed by atoms with van der Waals surface area (Å²) in [5.41, 5.74) is 4.53. The van der Waals surface area contributed by atoms with Gasteiger partial charge in [0, 0.05) is 11.6 Å². The lowest BCUT2D eigenvalue weighted by atomic mass is 10.1. The summed E-state index contributed by atoms with van der Waals surface area (Å²) in [5.74, 6) is 0. The highest BCUT2D eigenvalue weighted by atomic mass is 32.2. The molecule has 2 rings (SSSR count). The molecular formula is C13H22N2O5S2. The van der Waals surface area contributed by atoms with E-state index in [4.69, 9.17) is 10.3 Å². The van der Waals surface area contributed by atoms with Crippen LogP contribution in [0.3, 0.4) is 0 Å². The van der Waals surface area contributed by atoms with Gasteiger partial charge in [-0.05, 0) is 51.8 Å². The largest absolute Gasteiger partial charge is 0.328 e. The average Bonchev–Trinajstić information content (AvgIpc) is 3.08. The highest BCUT2D eigenvalue weighted by Crippen LogP contribution is 2.17. The Bertz CT molecular complexity index is 717. The van der Waals surface area contributed by atoms with Gasteiger partial charge in [0.05, 0.1) is 9.79 Å². The first-order valence-corrected chi connectivity index (χ1v) is 9.61. The Morgan fingerprint density at radius 2 is 1.59 bits per heavy atom. The fourth-order valence-electron chi connectivity index (χ4n) is 1.36. The fraction of sp³-hybridized carbons (Fsp3) is 0.538. The lowest BCUT2D eigenvalue weighted by Crippen LogP contribution is -2.40. The first kappa shape index (κ1) is 19.0. The fourth-order valence-corrected chi connectivity index (χ4v) is 3.42. The molecule has 0 aliphatic heterocycles. The van der Waals surface area contributed by atoms with Crippen molar-refractivity contribution in [3.8, 4) is 0 Å². The van der Waals surface area contributed by atoms with Crippen LogP contribution in [0.1, 0.15) is 33.6 Å². The summed E-state index contributed by atoms with van der Waals surface area (Å²) in [6.45, 7) is 4.99. The van der Waals surface area contributed by atoms with Gasteiger partial charge in [-0.2, -0.15) is 8.42 Å². The second-order valence-corrected chi connectivity index (χ2v) is 9.25. The zero-order chi connectivity index (χ0) is 17.2. The van der Waals surface area contributed by atoms with Crippen LogP contribution in [0, 0.1) is 0 Å². The Morgan fingerprint density at radius 1 is 1.14 bits per heavy atom. The molecule has 1 aromatic rings. The Labute approximate surface area is 131 Å². The van der Waals surface area contributed by atoms with Crippen LogP contribution in [0.15, 0.2) is 34.1 Å². The molecule has 0 spiro atoms. The molecule has 1 aliphatic rings. The molecular weight excluding hydrogens is 328 g/mol. The van der Waals surface area contributed by atoms with Crippen LogP contribution in [0.25, 0.3) is 0 Å². The van der Waals surface area contributed by atoms with E-state index in [2.05, 4.69) is 4.72 Å². The van der Waals surface area contributed by atoms with E-state index in [0.717, 1.165) is 12.1 Å². The number of hydrogen-bond donors (Lipinski definition) is 3. The molecule has 9 heteroatoms. The predicted octanol–water partition coefficient (Wildman–Crippen LogP) is 1.12. The summed E-state index contributed by atoms with van der Waals surface area (Å²) >= 11 is 0. The molecule has 7 nitrogen and oxygen atoms in total. The molecule has 22 heavy (non-hydrogen) atoms. The lowest BCUT2D eigenvalue weighted by Gasteiger charge is -2.20. The maximum atomic E-state index is 11.9. The second kappa shape index (κ2) is 6.63. The van der Waals surface area contributed by atoms with Crippen molar-refractivity contribution in [2.45, 2.75) is 55.0 Å². The van der Waals surface area contributed by atoms with Crippen molar-refractivity contribution in [2.24, 2.45) is 5.73 Å². The summed E-state index contributed by atoms with van der Waals surface area (Å²) in [6.07, 6.45) is 2.53. The van der Waals surface area contributed by atoms with Gasteiger partial charge in [0.2, 0.25) is 10.0 Å². The first-order valence-electron chi connectivity index (χ1n) is 6.68. The van der Waals surface area contributed by atoms with Crippen LogP contribution >= 0.6 is 0 Å². The summed E-state index contributed by atoms with van der Waals surface area (Å²) in [6, 6.07) is 5.11. The maximum Gasteiger partial charge on any atom is 0.294 e. The van der Waals surface area contributed by atoms with Crippen molar-refractivity contribution in [2.75, 3.05) is 0 Å². The van der Waals surface area contributed by atoms with Crippen LogP contribution in [0.2, 0.25) is 0 Å². The zero-order valence-electron chi connectivity index (χ0n) is 12.8. The highest BCUT2D eigenvalue weighted by Gasteiger charge is 2.23. The van der Waals surface area contributed by atoms with E-state index < -0.39 is 30.6 Å². The van der Waals surface area contributed by atoms with E-state index in [0.29, 0.717) is 6.04 Å². The number of benzene rings is 1. The third kappa shape index (κ3) is 6.84. The van der Waals surface area contributed by atoms with Crippen molar-refractivity contribution < 1.29 is 21.4 Å². The second-order valence-electron chi connectivity index (χ2n) is 6.14. The van der Waals surface area contributed by atoms with Gasteiger partial charge in [-0.25, -0.2) is 13.1 Å². The van der Waals surface area contributed by atoms with E-state index >= 15 is 0 Å². The third-order valence-corrected chi connectivity index (χ3v) is 5.08. The van der Waals surface area contributed by atoms with E-state index in [1.54, 1.807) is 20.8 Å². The topological polar surface area (TPSA) is 127 Å². The molecule has 0 unspecified atom stereocenters. The standard InChI is InChI=1S/C10H15NO5S2.C3H7N/c1-10(2,3)11-17(12,13)8-5-4-6-9(7-8)18(14,15)16;4-3-1-2-3/h4-7,11H,1-3H3,(H,14,15,16);3H,1-2,4H2. The molecule has 0 aromatic heterocycles. The first-order chi connectivity index (χ1) is 9.81. The highest BCUT2D eigenvalue weighted by molar-refractivity contribution is 7.89. The molecule has 0 heterocycles. The summed E-state index contributed by atoms with van der Waals surface area (Å²) < 4.78 is 57.0. The molecule has 1 aliphatic carbocycles. The van der Waals surface area contributed by atoms with Crippen molar-refractivity contribution in [3.05, 3.63) is 24.3 Å². The number of rotatable bonds is 3. The summed E-state index contributed by atoms with van der Waals surface area (Å²) in [4.78, 5) is -0.674. The van der Waals surface area contributed by atoms with E-state index in [9.17, 15) is 16.8 Å². The van der Waals surface area contributed by atoms with Gasteiger partial charge in [-0.15, -0.1) is 0 Å². The van der Waals surface area contributed by atoms with Gasteiger partial charge in [-0.1, -0.05) is 6.07 Å². The minimum atomic E-state index is -4.42. The Kier molecular flexibility index (Phi) is 5.74. The van der Waals surface area contributed by atoms with Gasteiger partial charge >= 0.3 is 0 Å². The predicted molar refractivity (Wildman–Crippen MR) is 83.5 cm³/mol. The zero-order valence-corrected chi connectivity index (χ0v) is 14.4. The van der Waals surface area contributed by atoms with Crippen LogP contribution in [-0.4, -0.2) is 33.0 Å². The molecule has 4 N–H and O–H groups in total. The number of nitrogens with one attached hydrogen (secondary N) is 1. The minimum Gasteiger partial charge on any atom is -0.328 e. The summed E-state index contributed by atoms with van der Waals surface area (Å²) in [5, 5.41) is 0. The van der Waals surface area contributed by atoms with Gasteiger partial charge in [0.15, 0.2) is 0 Å². The van der Waals surface area contributed by atoms with E-state index in [1.807, 2.05) is 0 Å². The molecule has 0 atom stereocenters. The molecule has 1 fully saturated rings. The number of nitrogens with two attached hydrogens (primary N) is 1. The van der Waals surface area contributed by atoms with E-state index in [-0.39, 0.29) is 4.90 Å². The van der Waals surface area contributed by atoms with Gasteiger partial charge < -0.3 is 5.73 Å². The van der Waals surface area contributed by atoms with Crippen LogP contribution < -0.4 is 10.5 Å². The van der Waals surface area contributed by atoms with Crippen molar-refractivity contribution in [1.29, 1.82) is 0 Å². The van der Waals surface area contributed by atoms with Gasteiger partial charge in [0.25, 0.3) is 10.1 Å². The molecule has 0 saturated heterocycles. The Balaban J connectivity index is 0.000000519. The Morgan fingerprint density at radius 3 is 1.95 bits per heavy atom. The van der Waals surface area contributed by atoms with Crippen molar-refractivity contribution in [1.82, 2.24) is 4.72 Å². The monoisotopic (exact) mass is 350 g/mol. The van der Waals surface area contributed by atoms with Crippen molar-refractivity contribution >= 4 is 20.1 Å². The smallest absolute Gasteiger partial charge is 0.294 e. The molecule has 126 valence electrons. The van der Waals surface area contributed by atoms with Crippen LogP contribution in [0.4, 0.5) is 0 Å². The molecule has 1 aromatic carbocycles. The molecule has 1 saturated carbocycles. The van der Waals surface area contributed by atoms with Gasteiger partial charge in [0.1, 0.15) is 0 Å².